The van der Waals surface area contributed by atoms with Crippen molar-refractivity contribution >= 4 is 39.1 Å². The van der Waals surface area contributed by atoms with Crippen LogP contribution >= 0.6 is 11.6 Å². The fourth-order valence-electron chi connectivity index (χ4n) is 4.33. The fourth-order valence-corrected chi connectivity index (χ4v) is 5.35. The monoisotopic (exact) mass is 553 g/mol. The van der Waals surface area contributed by atoms with Crippen LogP contribution in [0.3, 0.4) is 0 Å². The van der Waals surface area contributed by atoms with Crippen molar-refractivity contribution < 1.29 is 27.1 Å². The molecule has 0 aromatic heterocycles. The number of benzene rings is 2. The van der Waals surface area contributed by atoms with Crippen LogP contribution in [-0.2, 0) is 26.2 Å². The Bertz CT molecular complexity index is 1200. The van der Waals surface area contributed by atoms with Gasteiger partial charge in [-0.15, -0.1) is 0 Å². The molecule has 0 saturated heterocycles. The summed E-state index contributed by atoms with van der Waals surface area (Å²) in [5.41, 5.74) is 0.785. The quantitative estimate of drug-likeness (QED) is 0.477. The van der Waals surface area contributed by atoms with Crippen molar-refractivity contribution in [2.24, 2.45) is 0 Å². The van der Waals surface area contributed by atoms with E-state index in [1.165, 1.54) is 11.0 Å². The Kier molecular flexibility index (Phi) is 9.78. The lowest BCUT2D eigenvalue weighted by Gasteiger charge is -2.33. The number of nitrogens with zero attached hydrogens (tertiary/aromatic N) is 2. The number of carbonyl (C=O) groups excluding carboxylic acids is 2. The van der Waals surface area contributed by atoms with Gasteiger partial charge in [-0.2, -0.15) is 0 Å². The van der Waals surface area contributed by atoms with E-state index < -0.39 is 34.3 Å². The fraction of sp³-hybridized carbons (Fsp3) is 0.462. The first kappa shape index (κ1) is 28.7. The molecule has 11 heteroatoms. The molecule has 1 fully saturated rings. The maximum absolute atomic E-state index is 13.7. The summed E-state index contributed by atoms with van der Waals surface area (Å²) in [5.74, 6) is -0.960. The van der Waals surface area contributed by atoms with Gasteiger partial charge in [0, 0.05) is 12.6 Å². The van der Waals surface area contributed by atoms with Gasteiger partial charge < -0.3 is 15.0 Å². The number of anilines is 1. The number of halogens is 2. The third-order valence-electron chi connectivity index (χ3n) is 6.50. The van der Waals surface area contributed by atoms with Gasteiger partial charge >= 0.3 is 0 Å². The largest absolute Gasteiger partial charge is 0.497 e. The van der Waals surface area contributed by atoms with Crippen LogP contribution in [0.4, 0.5) is 10.1 Å². The SMILES string of the molecule is COc1ccc(CN(C(=O)CN(c2ccc(F)c(Cl)c2)S(C)(=O)=O)[C@H](C)C(=O)NC2CCCCC2)cc1. The summed E-state index contributed by atoms with van der Waals surface area (Å²) in [6.07, 6.45) is 5.94. The van der Waals surface area contributed by atoms with Gasteiger partial charge in [0.1, 0.15) is 24.2 Å². The zero-order valence-corrected chi connectivity index (χ0v) is 22.8. The van der Waals surface area contributed by atoms with Crippen molar-refractivity contribution in [2.75, 3.05) is 24.2 Å². The van der Waals surface area contributed by atoms with Gasteiger partial charge in [-0.3, -0.25) is 13.9 Å². The first-order valence-corrected chi connectivity index (χ1v) is 14.4. The van der Waals surface area contributed by atoms with Gasteiger partial charge in [0.15, 0.2) is 0 Å². The van der Waals surface area contributed by atoms with Crippen molar-refractivity contribution in [3.8, 4) is 5.75 Å². The van der Waals surface area contributed by atoms with Crippen LogP contribution in [0.15, 0.2) is 42.5 Å². The van der Waals surface area contributed by atoms with Crippen molar-refractivity contribution in [3.63, 3.8) is 0 Å². The first-order valence-electron chi connectivity index (χ1n) is 12.1. The minimum Gasteiger partial charge on any atom is -0.497 e. The molecular formula is C26H33ClFN3O5S. The smallest absolute Gasteiger partial charge is 0.244 e. The summed E-state index contributed by atoms with van der Waals surface area (Å²) in [4.78, 5) is 28.1. The molecule has 0 heterocycles. The van der Waals surface area contributed by atoms with Crippen molar-refractivity contribution in [1.82, 2.24) is 10.2 Å². The topological polar surface area (TPSA) is 96.0 Å². The Balaban J connectivity index is 1.88. The van der Waals surface area contributed by atoms with Crippen LogP contribution in [-0.4, -0.2) is 57.1 Å². The van der Waals surface area contributed by atoms with Crippen molar-refractivity contribution in [2.45, 2.75) is 57.7 Å². The maximum Gasteiger partial charge on any atom is 0.244 e. The summed E-state index contributed by atoms with van der Waals surface area (Å²) in [5, 5.41) is 2.77. The molecule has 1 aliphatic carbocycles. The molecule has 8 nitrogen and oxygen atoms in total. The molecular weight excluding hydrogens is 521 g/mol. The number of ether oxygens (including phenoxy) is 1. The summed E-state index contributed by atoms with van der Waals surface area (Å²) >= 11 is 5.87. The molecule has 0 unspecified atom stereocenters. The third kappa shape index (κ3) is 7.82. The number of sulfonamides is 1. The van der Waals surface area contributed by atoms with Crippen LogP contribution in [0.2, 0.25) is 5.02 Å². The highest BCUT2D eigenvalue weighted by atomic mass is 35.5. The molecule has 0 spiro atoms. The highest BCUT2D eigenvalue weighted by molar-refractivity contribution is 7.92. The molecule has 2 amide bonds. The summed E-state index contributed by atoms with van der Waals surface area (Å²) in [6, 6.07) is 9.65. The minimum atomic E-state index is -3.94. The summed E-state index contributed by atoms with van der Waals surface area (Å²) < 4.78 is 45.0. The van der Waals surface area contributed by atoms with E-state index in [2.05, 4.69) is 5.32 Å². The molecule has 1 aliphatic rings. The Labute approximate surface area is 222 Å². The van der Waals surface area contributed by atoms with E-state index in [9.17, 15) is 22.4 Å². The van der Waals surface area contributed by atoms with Gasteiger partial charge in [-0.05, 0) is 55.7 Å². The van der Waals surface area contributed by atoms with E-state index in [-0.39, 0.29) is 29.2 Å². The minimum absolute atomic E-state index is 0.0472. The van der Waals surface area contributed by atoms with Crippen molar-refractivity contribution in [3.05, 3.63) is 58.9 Å². The van der Waals surface area contributed by atoms with Gasteiger partial charge in [-0.1, -0.05) is 43.0 Å². The lowest BCUT2D eigenvalue weighted by molar-refractivity contribution is -0.139. The number of methoxy groups -OCH3 is 1. The number of amides is 2. The lowest BCUT2D eigenvalue weighted by atomic mass is 9.95. The first-order chi connectivity index (χ1) is 17.5. The average Bonchev–Trinajstić information content (AvgIpc) is 2.87. The number of hydrogen-bond acceptors (Lipinski definition) is 5. The van der Waals surface area contributed by atoms with E-state index in [0.717, 1.165) is 60.4 Å². The molecule has 37 heavy (non-hydrogen) atoms. The van der Waals surface area contributed by atoms with E-state index in [4.69, 9.17) is 16.3 Å². The van der Waals surface area contributed by atoms with Gasteiger partial charge in [0.05, 0.1) is 24.1 Å². The average molecular weight is 554 g/mol. The zero-order valence-electron chi connectivity index (χ0n) is 21.2. The Morgan fingerprint density at radius 2 is 1.78 bits per heavy atom. The molecule has 1 atom stereocenters. The maximum atomic E-state index is 13.7. The predicted octanol–water partition coefficient (Wildman–Crippen LogP) is 4.12. The van der Waals surface area contributed by atoms with Crippen molar-refractivity contribution in [1.29, 1.82) is 0 Å². The highest BCUT2D eigenvalue weighted by Gasteiger charge is 2.31. The third-order valence-corrected chi connectivity index (χ3v) is 7.93. The molecule has 1 saturated carbocycles. The second-order valence-electron chi connectivity index (χ2n) is 9.26. The van der Waals surface area contributed by atoms with E-state index in [0.29, 0.717) is 5.75 Å². The Morgan fingerprint density at radius 3 is 2.35 bits per heavy atom. The normalized spacial score (nSPS) is 15.1. The standard InChI is InChI=1S/C26H33ClFN3O5S/c1-18(26(33)29-20-7-5-4-6-8-20)30(16-19-9-12-22(36-2)13-10-19)25(32)17-31(37(3,34)35)21-11-14-24(28)23(27)15-21/h9-15,18,20H,4-8,16-17H2,1-3H3,(H,29,33)/t18-/m1/s1. The molecule has 2 aromatic rings. The van der Waals surface area contributed by atoms with Gasteiger partial charge in [0.25, 0.3) is 0 Å². The molecule has 0 aliphatic heterocycles. The molecule has 202 valence electrons. The number of nitrogens with one attached hydrogen (secondary N) is 1. The molecule has 3 rings (SSSR count). The van der Waals surface area contributed by atoms with Crippen LogP contribution in [0.25, 0.3) is 0 Å². The second kappa shape index (κ2) is 12.6. The summed E-state index contributed by atoms with van der Waals surface area (Å²) in [6.45, 7) is 1.11. The van der Waals surface area contributed by atoms with E-state index in [1.54, 1.807) is 38.3 Å². The Morgan fingerprint density at radius 1 is 1.14 bits per heavy atom. The molecule has 0 radical (unpaired) electrons. The lowest BCUT2D eigenvalue weighted by Crippen LogP contribution is -2.52. The van der Waals surface area contributed by atoms with Gasteiger partial charge in [0.2, 0.25) is 21.8 Å². The number of rotatable bonds is 10. The second-order valence-corrected chi connectivity index (χ2v) is 11.6. The Hall–Kier alpha value is -2.85. The van der Waals surface area contributed by atoms with Crippen LogP contribution < -0.4 is 14.4 Å². The van der Waals surface area contributed by atoms with Crippen LogP contribution in [0.1, 0.15) is 44.6 Å². The molecule has 0 bridgehead atoms. The zero-order chi connectivity index (χ0) is 27.2. The summed E-state index contributed by atoms with van der Waals surface area (Å²) in [7, 11) is -2.39. The van der Waals surface area contributed by atoms with Crippen LogP contribution in [0.5, 0.6) is 5.75 Å². The van der Waals surface area contributed by atoms with E-state index >= 15 is 0 Å². The predicted molar refractivity (Wildman–Crippen MR) is 142 cm³/mol. The van der Waals surface area contributed by atoms with Gasteiger partial charge in [-0.25, -0.2) is 12.8 Å². The molecule has 2 aromatic carbocycles. The highest BCUT2D eigenvalue weighted by Crippen LogP contribution is 2.25. The van der Waals surface area contributed by atoms with E-state index in [1.807, 2.05) is 0 Å². The molecule has 1 N–H and O–H groups in total. The number of carbonyl (C=O) groups is 2. The number of hydrogen-bond donors (Lipinski definition) is 1. The van der Waals surface area contributed by atoms with Crippen LogP contribution in [0, 0.1) is 5.82 Å².